The zero-order valence-electron chi connectivity index (χ0n) is 9.17. The molecule has 2 rings (SSSR count). The topological polar surface area (TPSA) is 94.1 Å². The summed E-state index contributed by atoms with van der Waals surface area (Å²) in [5.74, 6) is 0.514. The minimum absolute atomic E-state index is 0.0394. The second kappa shape index (κ2) is 5.46. The molecule has 0 aliphatic heterocycles. The Hall–Kier alpha value is -2.15. The summed E-state index contributed by atoms with van der Waals surface area (Å²) in [4.78, 5) is 13.9. The summed E-state index contributed by atoms with van der Waals surface area (Å²) in [6, 6.07) is 4.26. The lowest BCUT2D eigenvalue weighted by Gasteiger charge is -2.06. The first-order valence-electron chi connectivity index (χ1n) is 5.10. The van der Waals surface area contributed by atoms with Crippen LogP contribution in [-0.2, 0) is 6.42 Å². The number of rotatable bonds is 5. The van der Waals surface area contributed by atoms with E-state index in [0.29, 0.717) is 29.6 Å². The Morgan fingerprint density at radius 1 is 1.50 bits per heavy atom. The number of anilines is 1. The normalized spacial score (nSPS) is 10.3. The van der Waals surface area contributed by atoms with Gasteiger partial charge in [-0.1, -0.05) is 16.8 Å². The molecule has 1 heterocycles. The number of benzene rings is 1. The zero-order chi connectivity index (χ0) is 13.0. The van der Waals surface area contributed by atoms with Crippen molar-refractivity contribution >= 4 is 23.0 Å². The standard InChI is InChI=1S/C10H9ClN4O3/c11-8-5-7(15(16)17)1-2-9(8)12-4-3-10-13-6-14-18-10/h1-2,5-6,12H,3-4H2. The fourth-order valence-corrected chi connectivity index (χ4v) is 1.61. The molecule has 0 bridgehead atoms. The monoisotopic (exact) mass is 268 g/mol. The molecule has 7 nitrogen and oxygen atoms in total. The largest absolute Gasteiger partial charge is 0.383 e. The van der Waals surface area contributed by atoms with Crippen LogP contribution in [0.4, 0.5) is 11.4 Å². The van der Waals surface area contributed by atoms with E-state index < -0.39 is 4.92 Å². The summed E-state index contributed by atoms with van der Waals surface area (Å²) in [6.45, 7) is 0.541. The summed E-state index contributed by atoms with van der Waals surface area (Å²) in [7, 11) is 0. The van der Waals surface area contributed by atoms with Gasteiger partial charge >= 0.3 is 0 Å². The van der Waals surface area contributed by atoms with E-state index in [1.54, 1.807) is 6.07 Å². The highest BCUT2D eigenvalue weighted by atomic mass is 35.5. The number of nitro groups is 1. The van der Waals surface area contributed by atoms with Gasteiger partial charge in [-0.2, -0.15) is 4.98 Å². The van der Waals surface area contributed by atoms with Crippen LogP contribution in [0.25, 0.3) is 0 Å². The van der Waals surface area contributed by atoms with Gasteiger partial charge < -0.3 is 9.84 Å². The number of nitrogens with zero attached hydrogens (tertiary/aromatic N) is 3. The first-order valence-corrected chi connectivity index (χ1v) is 5.48. The first kappa shape index (κ1) is 12.3. The van der Waals surface area contributed by atoms with Crippen LogP contribution in [0.5, 0.6) is 0 Å². The highest BCUT2D eigenvalue weighted by molar-refractivity contribution is 6.33. The van der Waals surface area contributed by atoms with E-state index in [4.69, 9.17) is 16.1 Å². The lowest BCUT2D eigenvalue weighted by atomic mass is 10.2. The van der Waals surface area contributed by atoms with E-state index in [2.05, 4.69) is 15.5 Å². The number of hydrogen-bond acceptors (Lipinski definition) is 6. The van der Waals surface area contributed by atoms with Gasteiger partial charge in [0.05, 0.1) is 15.6 Å². The molecule has 18 heavy (non-hydrogen) atoms. The first-order chi connectivity index (χ1) is 8.66. The van der Waals surface area contributed by atoms with Crippen molar-refractivity contribution in [2.24, 2.45) is 0 Å². The van der Waals surface area contributed by atoms with Gasteiger partial charge in [-0.25, -0.2) is 0 Å². The van der Waals surface area contributed by atoms with E-state index in [9.17, 15) is 10.1 Å². The maximum absolute atomic E-state index is 10.5. The highest BCUT2D eigenvalue weighted by Gasteiger charge is 2.09. The van der Waals surface area contributed by atoms with Crippen LogP contribution in [-0.4, -0.2) is 21.6 Å². The van der Waals surface area contributed by atoms with Crippen LogP contribution in [0.1, 0.15) is 5.89 Å². The molecule has 8 heteroatoms. The average Bonchev–Trinajstić information content (AvgIpc) is 2.84. The van der Waals surface area contributed by atoms with Crippen molar-refractivity contribution in [1.82, 2.24) is 10.1 Å². The van der Waals surface area contributed by atoms with Crippen molar-refractivity contribution in [3.63, 3.8) is 0 Å². The number of hydrogen-bond donors (Lipinski definition) is 1. The maximum Gasteiger partial charge on any atom is 0.271 e. The minimum atomic E-state index is -0.492. The van der Waals surface area contributed by atoms with E-state index in [0.717, 1.165) is 0 Å². The van der Waals surface area contributed by atoms with Crippen LogP contribution < -0.4 is 5.32 Å². The molecule has 1 N–H and O–H groups in total. The van der Waals surface area contributed by atoms with Crippen molar-refractivity contribution in [1.29, 1.82) is 0 Å². The molecule has 0 unspecified atom stereocenters. The Balaban J connectivity index is 1.95. The Labute approximate surface area is 107 Å². The van der Waals surface area contributed by atoms with Gasteiger partial charge in [0.1, 0.15) is 0 Å². The Bertz CT molecular complexity index is 544. The zero-order valence-corrected chi connectivity index (χ0v) is 9.92. The summed E-state index contributed by atoms with van der Waals surface area (Å²) in [5.41, 5.74) is 0.587. The van der Waals surface area contributed by atoms with Gasteiger partial charge in [0.25, 0.3) is 5.69 Å². The maximum atomic E-state index is 10.5. The predicted octanol–water partition coefficient (Wildman–Crippen LogP) is 2.29. The number of nitrogens with one attached hydrogen (secondary N) is 1. The molecule has 0 atom stereocenters. The molecular weight excluding hydrogens is 260 g/mol. The Kier molecular flexibility index (Phi) is 3.73. The Morgan fingerprint density at radius 2 is 2.33 bits per heavy atom. The molecule has 0 spiro atoms. The van der Waals surface area contributed by atoms with Crippen LogP contribution in [0.3, 0.4) is 0 Å². The van der Waals surface area contributed by atoms with E-state index >= 15 is 0 Å². The lowest BCUT2D eigenvalue weighted by Crippen LogP contribution is -2.05. The van der Waals surface area contributed by atoms with E-state index in [1.165, 1.54) is 18.5 Å². The molecule has 0 saturated carbocycles. The molecular formula is C10H9ClN4O3. The molecule has 0 fully saturated rings. The smallest absolute Gasteiger partial charge is 0.271 e. The number of aromatic nitrogens is 2. The van der Waals surface area contributed by atoms with Crippen molar-refractivity contribution in [3.05, 3.63) is 45.6 Å². The molecule has 0 aliphatic rings. The minimum Gasteiger partial charge on any atom is -0.383 e. The number of nitro benzene ring substituents is 1. The van der Waals surface area contributed by atoms with Gasteiger partial charge in [0.2, 0.25) is 5.89 Å². The molecule has 2 aromatic rings. The van der Waals surface area contributed by atoms with Gasteiger partial charge in [-0.3, -0.25) is 10.1 Å². The fourth-order valence-electron chi connectivity index (χ4n) is 1.37. The van der Waals surface area contributed by atoms with Crippen molar-refractivity contribution < 1.29 is 9.45 Å². The summed E-state index contributed by atoms with van der Waals surface area (Å²) >= 11 is 5.92. The quantitative estimate of drug-likeness (QED) is 0.660. The second-order valence-electron chi connectivity index (χ2n) is 3.43. The molecule has 1 aromatic carbocycles. The third-order valence-electron chi connectivity index (χ3n) is 2.22. The summed E-state index contributed by atoms with van der Waals surface area (Å²) in [6.07, 6.45) is 1.88. The molecule has 0 aliphatic carbocycles. The molecule has 0 saturated heterocycles. The van der Waals surface area contributed by atoms with Gasteiger partial charge in [0, 0.05) is 25.1 Å². The third-order valence-corrected chi connectivity index (χ3v) is 2.54. The predicted molar refractivity (Wildman–Crippen MR) is 64.6 cm³/mol. The van der Waals surface area contributed by atoms with Gasteiger partial charge in [-0.15, -0.1) is 0 Å². The average molecular weight is 269 g/mol. The second-order valence-corrected chi connectivity index (χ2v) is 3.84. The summed E-state index contributed by atoms with van der Waals surface area (Å²) in [5, 5.41) is 17.3. The highest BCUT2D eigenvalue weighted by Crippen LogP contribution is 2.26. The van der Waals surface area contributed by atoms with E-state index in [-0.39, 0.29) is 5.69 Å². The number of halogens is 1. The van der Waals surface area contributed by atoms with Crippen LogP contribution in [0, 0.1) is 10.1 Å². The fraction of sp³-hybridized carbons (Fsp3) is 0.200. The van der Waals surface area contributed by atoms with Crippen LogP contribution in [0.15, 0.2) is 29.0 Å². The van der Waals surface area contributed by atoms with E-state index in [1.807, 2.05) is 0 Å². The molecule has 94 valence electrons. The van der Waals surface area contributed by atoms with Crippen LogP contribution >= 0.6 is 11.6 Å². The SMILES string of the molecule is O=[N+]([O-])c1ccc(NCCc2ncno2)c(Cl)c1. The van der Waals surface area contributed by atoms with Crippen molar-refractivity contribution in [2.45, 2.75) is 6.42 Å². The molecule has 0 radical (unpaired) electrons. The summed E-state index contributed by atoms with van der Waals surface area (Å²) < 4.78 is 4.83. The van der Waals surface area contributed by atoms with Gasteiger partial charge in [0.15, 0.2) is 6.33 Å². The molecule has 1 aromatic heterocycles. The van der Waals surface area contributed by atoms with Crippen molar-refractivity contribution in [3.8, 4) is 0 Å². The van der Waals surface area contributed by atoms with Crippen molar-refractivity contribution in [2.75, 3.05) is 11.9 Å². The Morgan fingerprint density at radius 3 is 2.94 bits per heavy atom. The van der Waals surface area contributed by atoms with Crippen LogP contribution in [0.2, 0.25) is 5.02 Å². The number of non-ortho nitro benzene ring substituents is 1. The molecule has 0 amide bonds. The van der Waals surface area contributed by atoms with Gasteiger partial charge in [-0.05, 0) is 6.07 Å². The lowest BCUT2D eigenvalue weighted by molar-refractivity contribution is -0.384. The third kappa shape index (κ3) is 2.95.